The zero-order chi connectivity index (χ0) is 45.2. The van der Waals surface area contributed by atoms with Crippen molar-refractivity contribution in [2.75, 3.05) is 13.1 Å². The molecule has 5 N–H and O–H groups in total. The molecule has 4 amide bonds. The number of unbranched alkanes of at least 4 members (excludes halogenated alkanes) is 3. The van der Waals surface area contributed by atoms with Gasteiger partial charge in [-0.3, -0.25) is 23.7 Å². The van der Waals surface area contributed by atoms with Crippen LogP contribution in [0.2, 0.25) is 0 Å². The number of carbonyl (C=O) groups excluding carboxylic acids is 4. The molecule has 4 fully saturated rings. The summed E-state index contributed by atoms with van der Waals surface area (Å²) in [5, 5.41) is 5.27. The molecular weight excluding hydrogens is 831 g/mol. The minimum absolute atomic E-state index is 0.0449. The van der Waals surface area contributed by atoms with E-state index < -0.39 is 33.7 Å². The monoisotopic (exact) mass is 897 g/mol. The number of sulfonamides is 1. The van der Waals surface area contributed by atoms with Crippen LogP contribution in [-0.4, -0.2) is 81.6 Å². The van der Waals surface area contributed by atoms with Crippen LogP contribution in [0.1, 0.15) is 149 Å². The van der Waals surface area contributed by atoms with Gasteiger partial charge < -0.3 is 25.7 Å². The van der Waals surface area contributed by atoms with Crippen molar-refractivity contribution in [1.29, 1.82) is 0 Å². The van der Waals surface area contributed by atoms with E-state index in [9.17, 15) is 32.4 Å². The van der Waals surface area contributed by atoms with E-state index in [0.717, 1.165) is 40.9 Å². The summed E-state index contributed by atoms with van der Waals surface area (Å²) in [7, 11) is -3.37. The van der Waals surface area contributed by atoms with Crippen molar-refractivity contribution in [1.82, 2.24) is 29.5 Å². The molecule has 3 aromatic rings. The van der Waals surface area contributed by atoms with E-state index in [0.29, 0.717) is 31.7 Å². The Morgan fingerprint density at radius 3 is 2.42 bits per heavy atom. The van der Waals surface area contributed by atoms with Crippen molar-refractivity contribution in [2.45, 2.75) is 160 Å². The molecule has 3 unspecified atom stereocenters. The van der Waals surface area contributed by atoms with Gasteiger partial charge in [-0.1, -0.05) is 57.2 Å². The molecule has 0 spiro atoms. The van der Waals surface area contributed by atoms with Gasteiger partial charge in [0.25, 0.3) is 0 Å². The van der Waals surface area contributed by atoms with Crippen molar-refractivity contribution in [3.8, 4) is 10.6 Å². The van der Waals surface area contributed by atoms with Crippen LogP contribution in [0.15, 0.2) is 40.5 Å². The molecule has 0 bridgehead atoms. The van der Waals surface area contributed by atoms with Crippen LogP contribution < -0.4 is 21.5 Å². The van der Waals surface area contributed by atoms with Crippen LogP contribution in [0.25, 0.3) is 21.6 Å². The average molecular weight is 898 g/mol. The Bertz CT molecular complexity index is 2210. The fraction of sp³-hybridized carbons (Fsp3) is 0.644. The number of fused-ring (bicyclic) bond motifs is 1. The molecule has 1 saturated heterocycles. The number of para-hydroxylation sites is 1. The number of H-pyrrole nitrogens is 1. The van der Waals surface area contributed by atoms with Crippen molar-refractivity contribution >= 4 is 56.2 Å². The number of aromatic nitrogens is 3. The zero-order valence-electron chi connectivity index (χ0n) is 37.2. The summed E-state index contributed by atoms with van der Waals surface area (Å²) in [4.78, 5) is 67.9. The van der Waals surface area contributed by atoms with E-state index in [2.05, 4.69) is 45.5 Å². The molecule has 62 heavy (non-hydrogen) atoms. The molecule has 3 atom stereocenters. The Morgan fingerprint density at radius 1 is 1.05 bits per heavy atom. The molecule has 2 aromatic heterocycles. The summed E-state index contributed by atoms with van der Waals surface area (Å²) in [6, 6.07) is 5.66. The van der Waals surface area contributed by atoms with E-state index in [1.807, 2.05) is 30.5 Å². The first-order chi connectivity index (χ1) is 29.4. The number of carbonyl (C=O) groups is 4. The maximum absolute atomic E-state index is 12.3. The first-order valence-corrected chi connectivity index (χ1v) is 24.8. The number of rotatable bonds is 14. The number of amides is 4. The number of nitrogens with two attached hydrogens (primary N) is 1. The maximum Gasteiger partial charge on any atom is 0.408 e. The molecule has 15 nitrogen and oxygen atoms in total. The number of allylic oxidation sites excluding steroid dienone is 2. The molecule has 17 heteroatoms. The number of benzene rings is 1. The number of aromatic amines is 1. The highest BCUT2D eigenvalue weighted by Crippen LogP contribution is 2.41. The minimum atomic E-state index is -3.37. The number of alkyl carbamates (subject to hydrolysis) is 1. The molecule has 3 heterocycles. The van der Waals surface area contributed by atoms with E-state index in [-0.39, 0.29) is 47.2 Å². The summed E-state index contributed by atoms with van der Waals surface area (Å²) in [6.07, 6.45) is 18.2. The van der Waals surface area contributed by atoms with Crippen molar-refractivity contribution in [3.05, 3.63) is 51.9 Å². The van der Waals surface area contributed by atoms with Gasteiger partial charge in [0.1, 0.15) is 23.2 Å². The van der Waals surface area contributed by atoms with Crippen LogP contribution in [0.3, 0.4) is 0 Å². The smallest absolute Gasteiger partial charge is 0.408 e. The van der Waals surface area contributed by atoms with Gasteiger partial charge >= 0.3 is 11.8 Å². The van der Waals surface area contributed by atoms with Gasteiger partial charge in [0.05, 0.1) is 22.0 Å². The molecule has 3 aliphatic carbocycles. The first-order valence-electron chi connectivity index (χ1n) is 22.4. The second kappa shape index (κ2) is 21.7. The Kier molecular flexibility index (Phi) is 17.0. The van der Waals surface area contributed by atoms with Crippen molar-refractivity contribution in [2.24, 2.45) is 17.6 Å². The number of primary amides is 1. The standard InChI is InChI=1S/C19H23N3OS.C14H23NO3S.C12H21N3O4/c1-12(2)22-16-10-6-9-14(17(16)21-19(22)23)18-20-15(11-24-18)13-7-4-3-5-8-13;1-2-3-4-5-6-7-11-10-13(11)14(16)15-19(17,18)12-8-9-12;1-12(2,3)19-11(18)14-7-9(16)15-6-4-5-8(15)10(13)17/h6,9-13H,3-5,7-8H2,1-2H3,(H,21,23);6-7,11-13H,2-5,8-10H2,1H3,(H,15,16);8H,4-7H2,1-3H3,(H2,13,17)(H,14,18)/b;7-6-;. The van der Waals surface area contributed by atoms with Gasteiger partial charge in [-0.15, -0.1) is 11.3 Å². The Morgan fingerprint density at radius 2 is 1.77 bits per heavy atom. The molecule has 4 aliphatic rings. The largest absolute Gasteiger partial charge is 0.444 e. The molecule has 1 aromatic carbocycles. The topological polar surface area (TPSA) is 216 Å². The minimum Gasteiger partial charge on any atom is -0.444 e. The molecule has 7 rings (SSSR count). The van der Waals surface area contributed by atoms with Gasteiger partial charge in [-0.05, 0) is 110 Å². The van der Waals surface area contributed by atoms with Crippen molar-refractivity contribution < 1.29 is 32.3 Å². The third-order valence-corrected chi connectivity index (χ3v) is 14.2. The van der Waals surface area contributed by atoms with E-state index in [4.69, 9.17) is 15.5 Å². The molecule has 342 valence electrons. The molecule has 0 radical (unpaired) electrons. The fourth-order valence-corrected chi connectivity index (χ4v) is 10.2. The highest BCUT2D eigenvalue weighted by molar-refractivity contribution is 7.90. The van der Waals surface area contributed by atoms with Crippen LogP contribution in [-0.2, 0) is 29.1 Å². The highest BCUT2D eigenvalue weighted by Gasteiger charge is 2.45. The summed E-state index contributed by atoms with van der Waals surface area (Å²) >= 11 is 1.69. The van der Waals surface area contributed by atoms with E-state index in [1.54, 1.807) is 32.1 Å². The molecule has 1 aliphatic heterocycles. The van der Waals surface area contributed by atoms with E-state index in [1.165, 1.54) is 62.0 Å². The normalized spacial score (nSPS) is 20.3. The second-order valence-electron chi connectivity index (χ2n) is 18.1. The average Bonchev–Trinajstić information content (AvgIpc) is 4.07. The number of imidazole rings is 1. The summed E-state index contributed by atoms with van der Waals surface area (Å²) < 4.78 is 32.3. The Labute approximate surface area is 370 Å². The third kappa shape index (κ3) is 13.7. The first kappa shape index (κ1) is 48.5. The van der Waals surface area contributed by atoms with Gasteiger partial charge in [-0.2, -0.15) is 0 Å². The van der Waals surface area contributed by atoms with Crippen LogP contribution >= 0.6 is 11.3 Å². The second-order valence-corrected chi connectivity index (χ2v) is 21.0. The SMILES string of the molecule is CC(C)(C)OC(=O)NCC(=O)N1CCCC1C(N)=O.CC(C)n1c(=O)[nH]c2c(-c3nc(C4CCCCC4)cs3)cccc21.CCCCC/C=C\C1CC1C(=O)NS(=O)(=O)C1CC1. The Balaban J connectivity index is 0.000000178. The van der Waals surface area contributed by atoms with Gasteiger partial charge in [0.15, 0.2) is 0 Å². The predicted molar refractivity (Wildman–Crippen MR) is 243 cm³/mol. The number of hydrogen-bond donors (Lipinski definition) is 4. The summed E-state index contributed by atoms with van der Waals surface area (Å²) in [5.74, 6) is -0.417. The lowest BCUT2D eigenvalue weighted by atomic mass is 9.87. The predicted octanol–water partition coefficient (Wildman–Crippen LogP) is 7.44. The highest BCUT2D eigenvalue weighted by atomic mass is 32.2. The van der Waals surface area contributed by atoms with E-state index >= 15 is 0 Å². The number of nitrogens with zero attached hydrogens (tertiary/aromatic N) is 3. The lowest BCUT2D eigenvalue weighted by Gasteiger charge is -2.23. The van der Waals surface area contributed by atoms with Crippen molar-refractivity contribution in [3.63, 3.8) is 0 Å². The van der Waals surface area contributed by atoms with Gasteiger partial charge in [0, 0.05) is 35.4 Å². The molecule has 3 saturated carbocycles. The Hall–Kier alpha value is -4.51. The van der Waals surface area contributed by atoms with Crippen LogP contribution in [0.4, 0.5) is 4.79 Å². The third-order valence-electron chi connectivity index (χ3n) is 11.5. The number of thiazole rings is 1. The summed E-state index contributed by atoms with van der Waals surface area (Å²) in [5.41, 5.74) is 8.70. The fourth-order valence-electron chi connectivity index (χ4n) is 7.95. The lowest BCUT2D eigenvalue weighted by molar-refractivity contribution is -0.136. The lowest BCUT2D eigenvalue weighted by Crippen LogP contribution is -2.48. The maximum atomic E-state index is 12.3. The van der Waals surface area contributed by atoms with Gasteiger partial charge in [-0.25, -0.2) is 23.0 Å². The number of nitrogens with one attached hydrogen (secondary N) is 3. The zero-order valence-corrected chi connectivity index (χ0v) is 38.9. The molecular formula is C45H67N7O8S2. The number of ether oxygens (including phenoxy) is 1. The van der Waals surface area contributed by atoms with Gasteiger partial charge in [0.2, 0.25) is 27.7 Å². The quantitative estimate of drug-likeness (QED) is 0.0933. The number of hydrogen-bond acceptors (Lipinski definition) is 10. The van der Waals surface area contributed by atoms with Crippen LogP contribution in [0, 0.1) is 11.8 Å². The number of likely N-dealkylation sites (tertiary alicyclic amines) is 1. The van der Waals surface area contributed by atoms with Crippen LogP contribution in [0.5, 0.6) is 0 Å². The summed E-state index contributed by atoms with van der Waals surface area (Å²) in [6.45, 7) is 11.7.